The molecule has 0 radical (unpaired) electrons. The fraction of sp³-hybridized carbons (Fsp3) is 0.471. The zero-order chi connectivity index (χ0) is 17.1. The highest BCUT2D eigenvalue weighted by Crippen LogP contribution is 2.36. The van der Waals surface area contributed by atoms with Crippen LogP contribution in [0.5, 0.6) is 0 Å². The first-order chi connectivity index (χ1) is 11.5. The van der Waals surface area contributed by atoms with Crippen molar-refractivity contribution in [3.8, 4) is 0 Å². The van der Waals surface area contributed by atoms with Crippen LogP contribution in [0.1, 0.15) is 31.2 Å². The molecule has 0 unspecified atom stereocenters. The molecule has 0 aromatic heterocycles. The van der Waals surface area contributed by atoms with Gasteiger partial charge in [0.1, 0.15) is 0 Å². The van der Waals surface area contributed by atoms with Crippen LogP contribution >= 0.6 is 0 Å². The van der Waals surface area contributed by atoms with Gasteiger partial charge in [0.25, 0.3) is 0 Å². The summed E-state index contributed by atoms with van der Waals surface area (Å²) in [5.41, 5.74) is 2.64. The summed E-state index contributed by atoms with van der Waals surface area (Å²) >= 11 is 0. The Morgan fingerprint density at radius 1 is 1.25 bits per heavy atom. The van der Waals surface area contributed by atoms with Crippen LogP contribution in [0, 0.1) is 5.92 Å². The minimum Gasteiger partial charge on any atom is -0.481 e. The van der Waals surface area contributed by atoms with E-state index in [0.717, 1.165) is 17.8 Å². The van der Waals surface area contributed by atoms with Crippen molar-refractivity contribution in [2.75, 3.05) is 23.3 Å². The van der Waals surface area contributed by atoms with E-state index < -0.39 is 12.0 Å². The minimum absolute atomic E-state index is 0.0791. The molecule has 7 nitrogen and oxygen atoms in total. The zero-order valence-corrected chi connectivity index (χ0v) is 13.4. The molecule has 1 aromatic carbocycles. The number of carboxylic acid groups (broad SMARTS) is 1. The number of amides is 3. The predicted octanol–water partition coefficient (Wildman–Crippen LogP) is 1.97. The van der Waals surface area contributed by atoms with Gasteiger partial charge in [-0.15, -0.1) is 0 Å². The van der Waals surface area contributed by atoms with Gasteiger partial charge >= 0.3 is 12.0 Å². The fourth-order valence-corrected chi connectivity index (χ4v) is 2.85. The van der Waals surface area contributed by atoms with Gasteiger partial charge in [0.15, 0.2) is 0 Å². The van der Waals surface area contributed by atoms with Crippen LogP contribution in [0.2, 0.25) is 0 Å². The van der Waals surface area contributed by atoms with Crippen LogP contribution in [0.15, 0.2) is 18.2 Å². The highest BCUT2D eigenvalue weighted by Gasteiger charge is 2.30. The van der Waals surface area contributed by atoms with E-state index in [1.807, 2.05) is 17.0 Å². The summed E-state index contributed by atoms with van der Waals surface area (Å²) < 4.78 is 0. The monoisotopic (exact) mass is 331 g/mol. The molecule has 1 aliphatic heterocycles. The normalized spacial score (nSPS) is 16.5. The van der Waals surface area contributed by atoms with Gasteiger partial charge in [0.05, 0.1) is 6.42 Å². The Morgan fingerprint density at radius 2 is 2.04 bits per heavy atom. The van der Waals surface area contributed by atoms with Crippen molar-refractivity contribution < 1.29 is 19.5 Å². The van der Waals surface area contributed by atoms with Crippen LogP contribution in [0.4, 0.5) is 16.2 Å². The summed E-state index contributed by atoms with van der Waals surface area (Å²) in [6.45, 7) is 0.865. The molecule has 0 spiro atoms. The molecule has 1 aromatic rings. The first-order valence-electron chi connectivity index (χ1n) is 8.23. The highest BCUT2D eigenvalue weighted by atomic mass is 16.4. The standard InChI is InChI=1S/C17H21N3O4/c21-15-6-3-12-9-13(19-17(24)18-8-7-16(22)23)4-5-14(12)20(15)10-11-1-2-11/h4-5,9,11H,1-3,6-8,10H2,(H,22,23)(H2,18,19,24). The molecule has 128 valence electrons. The maximum absolute atomic E-state index is 12.2. The lowest BCUT2D eigenvalue weighted by Crippen LogP contribution is -2.36. The Balaban J connectivity index is 1.64. The van der Waals surface area contributed by atoms with E-state index in [-0.39, 0.29) is 18.9 Å². The van der Waals surface area contributed by atoms with Crippen molar-refractivity contribution >= 4 is 29.3 Å². The number of fused-ring (bicyclic) bond motifs is 1. The number of hydrogen-bond donors (Lipinski definition) is 3. The molecule has 1 aliphatic carbocycles. The van der Waals surface area contributed by atoms with E-state index in [1.54, 1.807) is 6.07 Å². The summed E-state index contributed by atoms with van der Waals surface area (Å²) in [6.07, 6.45) is 3.43. The van der Waals surface area contributed by atoms with Gasteiger partial charge in [0, 0.05) is 30.9 Å². The lowest BCUT2D eigenvalue weighted by Gasteiger charge is -2.30. The molecule has 0 atom stereocenters. The van der Waals surface area contributed by atoms with Gasteiger partial charge in [-0.2, -0.15) is 0 Å². The third-order valence-electron chi connectivity index (χ3n) is 4.30. The Bertz CT molecular complexity index is 670. The van der Waals surface area contributed by atoms with E-state index in [0.29, 0.717) is 24.4 Å². The summed E-state index contributed by atoms with van der Waals surface area (Å²) in [7, 11) is 0. The van der Waals surface area contributed by atoms with Gasteiger partial charge in [-0.1, -0.05) is 0 Å². The van der Waals surface area contributed by atoms with Crippen molar-refractivity contribution in [3.05, 3.63) is 23.8 Å². The first-order valence-corrected chi connectivity index (χ1v) is 8.23. The summed E-state index contributed by atoms with van der Waals surface area (Å²) in [4.78, 5) is 36.2. The number of carbonyl (C=O) groups is 3. The Kier molecular flexibility index (Phi) is 4.69. The smallest absolute Gasteiger partial charge is 0.319 e. The van der Waals surface area contributed by atoms with E-state index in [4.69, 9.17) is 5.11 Å². The molecule has 1 saturated carbocycles. The van der Waals surface area contributed by atoms with Gasteiger partial charge < -0.3 is 20.6 Å². The number of aryl methyl sites for hydroxylation is 1. The molecule has 0 bridgehead atoms. The van der Waals surface area contributed by atoms with Crippen molar-refractivity contribution in [2.24, 2.45) is 5.92 Å². The molecule has 7 heteroatoms. The molecular weight excluding hydrogens is 310 g/mol. The molecule has 3 rings (SSSR count). The third-order valence-corrected chi connectivity index (χ3v) is 4.30. The quantitative estimate of drug-likeness (QED) is 0.742. The number of carbonyl (C=O) groups excluding carboxylic acids is 2. The molecule has 1 heterocycles. The second-order valence-electron chi connectivity index (χ2n) is 6.32. The zero-order valence-electron chi connectivity index (χ0n) is 13.4. The minimum atomic E-state index is -0.954. The van der Waals surface area contributed by atoms with Crippen molar-refractivity contribution in [1.82, 2.24) is 5.32 Å². The lowest BCUT2D eigenvalue weighted by atomic mass is 10.00. The number of benzene rings is 1. The molecule has 3 amide bonds. The average Bonchev–Trinajstić information content (AvgIpc) is 3.34. The second-order valence-corrected chi connectivity index (χ2v) is 6.32. The number of rotatable bonds is 6. The van der Waals surface area contributed by atoms with Gasteiger partial charge in [-0.05, 0) is 48.9 Å². The summed E-state index contributed by atoms with van der Waals surface area (Å²) in [6, 6.07) is 5.10. The lowest BCUT2D eigenvalue weighted by molar-refractivity contribution is -0.136. The van der Waals surface area contributed by atoms with E-state index >= 15 is 0 Å². The van der Waals surface area contributed by atoms with Crippen LogP contribution in [-0.2, 0) is 16.0 Å². The Morgan fingerprint density at radius 3 is 2.75 bits per heavy atom. The topological polar surface area (TPSA) is 98.7 Å². The van der Waals surface area contributed by atoms with Crippen LogP contribution in [0.3, 0.4) is 0 Å². The van der Waals surface area contributed by atoms with E-state index in [2.05, 4.69) is 10.6 Å². The molecule has 24 heavy (non-hydrogen) atoms. The number of aliphatic carboxylic acids is 1. The highest BCUT2D eigenvalue weighted by molar-refractivity contribution is 5.97. The molecular formula is C17H21N3O4. The summed E-state index contributed by atoms with van der Waals surface area (Å²) in [5, 5.41) is 13.8. The van der Waals surface area contributed by atoms with Crippen molar-refractivity contribution in [3.63, 3.8) is 0 Å². The van der Waals surface area contributed by atoms with Crippen LogP contribution < -0.4 is 15.5 Å². The maximum Gasteiger partial charge on any atom is 0.319 e. The number of anilines is 2. The van der Waals surface area contributed by atoms with E-state index in [9.17, 15) is 14.4 Å². The number of nitrogens with one attached hydrogen (secondary N) is 2. The van der Waals surface area contributed by atoms with Gasteiger partial charge in [0.2, 0.25) is 5.91 Å². The molecule has 1 fully saturated rings. The maximum atomic E-state index is 12.2. The number of nitrogens with zero attached hydrogens (tertiary/aromatic N) is 1. The molecule has 0 saturated heterocycles. The van der Waals surface area contributed by atoms with Gasteiger partial charge in [-0.3, -0.25) is 9.59 Å². The van der Waals surface area contributed by atoms with Crippen LogP contribution in [-0.4, -0.2) is 36.1 Å². The fourth-order valence-electron chi connectivity index (χ4n) is 2.85. The number of hydrogen-bond acceptors (Lipinski definition) is 3. The second kappa shape index (κ2) is 6.90. The Labute approximate surface area is 140 Å². The molecule has 2 aliphatic rings. The SMILES string of the molecule is O=C(O)CCNC(=O)Nc1ccc2c(c1)CCC(=O)N2CC1CC1. The van der Waals surface area contributed by atoms with Crippen molar-refractivity contribution in [2.45, 2.75) is 32.1 Å². The Hall–Kier alpha value is -2.57. The number of carboxylic acids is 1. The van der Waals surface area contributed by atoms with Crippen LogP contribution in [0.25, 0.3) is 0 Å². The number of urea groups is 1. The van der Waals surface area contributed by atoms with Gasteiger partial charge in [-0.25, -0.2) is 4.79 Å². The predicted molar refractivity (Wildman–Crippen MR) is 89.1 cm³/mol. The largest absolute Gasteiger partial charge is 0.481 e. The average molecular weight is 331 g/mol. The van der Waals surface area contributed by atoms with Crippen molar-refractivity contribution in [1.29, 1.82) is 0 Å². The summed E-state index contributed by atoms with van der Waals surface area (Å²) in [5.74, 6) is -0.163. The third kappa shape index (κ3) is 4.04. The molecule has 3 N–H and O–H groups in total. The van der Waals surface area contributed by atoms with E-state index in [1.165, 1.54) is 12.8 Å². The first kappa shape index (κ1) is 16.3.